The quantitative estimate of drug-likeness (QED) is 0.769. The minimum atomic E-state index is 0.679. The van der Waals surface area contributed by atoms with Crippen molar-refractivity contribution in [3.63, 3.8) is 0 Å². The molecule has 1 N–H and O–H groups in total. The molecule has 0 unspecified atom stereocenters. The molecule has 1 fully saturated rings. The second-order valence-corrected chi connectivity index (χ2v) is 4.74. The van der Waals surface area contributed by atoms with Crippen LogP contribution in [0.4, 0.5) is 0 Å². The van der Waals surface area contributed by atoms with Crippen LogP contribution in [0.5, 0.6) is 5.75 Å². The van der Waals surface area contributed by atoms with Gasteiger partial charge in [0.25, 0.3) is 0 Å². The Hall–Kier alpha value is -1.06. The molecule has 17 heavy (non-hydrogen) atoms. The van der Waals surface area contributed by atoms with Crippen LogP contribution in [0.2, 0.25) is 0 Å². The zero-order valence-corrected chi connectivity index (χ0v) is 10.7. The van der Waals surface area contributed by atoms with Gasteiger partial charge < -0.3 is 9.57 Å². The second kappa shape index (κ2) is 6.03. The van der Waals surface area contributed by atoms with Gasteiger partial charge in [-0.25, -0.2) is 0 Å². The molecule has 0 aliphatic heterocycles. The van der Waals surface area contributed by atoms with Crippen LogP contribution in [-0.2, 0) is 11.4 Å². The summed E-state index contributed by atoms with van der Waals surface area (Å²) >= 11 is 0. The lowest BCUT2D eigenvalue weighted by atomic mass is 9.86. The third kappa shape index (κ3) is 3.45. The number of aryl methyl sites for hydroxylation is 1. The largest absolute Gasteiger partial charge is 0.493 e. The van der Waals surface area contributed by atoms with Gasteiger partial charge in [-0.1, -0.05) is 24.1 Å². The van der Waals surface area contributed by atoms with E-state index in [9.17, 15) is 0 Å². The van der Waals surface area contributed by atoms with Gasteiger partial charge in [0.2, 0.25) is 0 Å². The van der Waals surface area contributed by atoms with Crippen molar-refractivity contribution in [2.75, 3.05) is 13.7 Å². The van der Waals surface area contributed by atoms with Crippen LogP contribution in [0.3, 0.4) is 0 Å². The van der Waals surface area contributed by atoms with Crippen molar-refractivity contribution < 1.29 is 9.57 Å². The number of benzene rings is 1. The van der Waals surface area contributed by atoms with Crippen LogP contribution in [0, 0.1) is 12.8 Å². The van der Waals surface area contributed by atoms with E-state index >= 15 is 0 Å². The Morgan fingerprint density at radius 3 is 2.82 bits per heavy atom. The third-order valence-corrected chi connectivity index (χ3v) is 3.32. The first-order valence-electron chi connectivity index (χ1n) is 6.28. The highest BCUT2D eigenvalue weighted by molar-refractivity contribution is 5.36. The summed E-state index contributed by atoms with van der Waals surface area (Å²) < 4.78 is 5.90. The molecule has 0 heterocycles. The highest BCUT2D eigenvalue weighted by Gasteiger charge is 2.18. The van der Waals surface area contributed by atoms with Gasteiger partial charge >= 0.3 is 0 Å². The lowest BCUT2D eigenvalue weighted by Crippen LogP contribution is -2.20. The van der Waals surface area contributed by atoms with E-state index in [0.717, 1.165) is 23.8 Å². The molecule has 0 saturated heterocycles. The molecule has 0 bridgehead atoms. The maximum absolute atomic E-state index is 5.90. The van der Waals surface area contributed by atoms with Crippen LogP contribution in [0.1, 0.15) is 30.4 Å². The van der Waals surface area contributed by atoms with Gasteiger partial charge in [0.15, 0.2) is 0 Å². The Kier molecular flexibility index (Phi) is 4.40. The fourth-order valence-electron chi connectivity index (χ4n) is 2.00. The van der Waals surface area contributed by atoms with E-state index in [-0.39, 0.29) is 0 Å². The van der Waals surface area contributed by atoms with Gasteiger partial charge in [-0.15, -0.1) is 0 Å². The number of hydrogen-bond acceptors (Lipinski definition) is 3. The lowest BCUT2D eigenvalue weighted by molar-refractivity contribution is 0.0854. The molecule has 94 valence electrons. The highest BCUT2D eigenvalue weighted by atomic mass is 16.6. The molecule has 3 heteroatoms. The summed E-state index contributed by atoms with van der Waals surface area (Å²) in [6, 6.07) is 6.29. The van der Waals surface area contributed by atoms with Crippen LogP contribution >= 0.6 is 0 Å². The second-order valence-electron chi connectivity index (χ2n) is 4.74. The molecule has 0 atom stereocenters. The molecule has 0 spiro atoms. The average molecular weight is 235 g/mol. The molecule has 1 aliphatic carbocycles. The summed E-state index contributed by atoms with van der Waals surface area (Å²) in [6.07, 6.45) is 4.00. The maximum atomic E-state index is 5.90. The van der Waals surface area contributed by atoms with E-state index in [4.69, 9.17) is 9.57 Å². The first kappa shape index (κ1) is 12.4. The molecular weight excluding hydrogens is 214 g/mol. The van der Waals surface area contributed by atoms with Gasteiger partial charge in [0.1, 0.15) is 5.75 Å². The Morgan fingerprint density at radius 2 is 2.18 bits per heavy atom. The molecule has 3 nitrogen and oxygen atoms in total. The first-order valence-corrected chi connectivity index (χ1v) is 6.28. The van der Waals surface area contributed by atoms with E-state index < -0.39 is 0 Å². The summed E-state index contributed by atoms with van der Waals surface area (Å²) in [5.74, 6) is 1.74. The van der Waals surface area contributed by atoms with Gasteiger partial charge in [-0.2, -0.15) is 5.48 Å². The summed E-state index contributed by atoms with van der Waals surface area (Å²) in [6.45, 7) is 3.62. The van der Waals surface area contributed by atoms with Gasteiger partial charge in [0.05, 0.1) is 13.7 Å². The molecule has 1 saturated carbocycles. The Morgan fingerprint density at radius 1 is 1.35 bits per heavy atom. The summed E-state index contributed by atoms with van der Waals surface area (Å²) in [5, 5.41) is 0. The molecule has 1 aromatic carbocycles. The Bertz CT molecular complexity index is 361. The van der Waals surface area contributed by atoms with Crippen LogP contribution in [-0.4, -0.2) is 13.7 Å². The molecule has 0 amide bonds. The molecular formula is C14H21NO2. The smallest absolute Gasteiger partial charge is 0.123 e. The molecule has 0 radical (unpaired) electrons. The molecule has 1 aromatic rings. The summed E-state index contributed by atoms with van der Waals surface area (Å²) in [4.78, 5) is 4.89. The maximum Gasteiger partial charge on any atom is 0.123 e. The van der Waals surface area contributed by atoms with Crippen LogP contribution in [0.15, 0.2) is 18.2 Å². The number of rotatable bonds is 6. The minimum absolute atomic E-state index is 0.679. The standard InChI is InChI=1S/C14H21NO2/c1-11-6-7-14(13(8-11)9-15-16-2)17-10-12-4-3-5-12/h6-8,12,15H,3-5,9-10H2,1-2H3. The molecule has 1 aliphatic rings. The van der Waals surface area contributed by atoms with Crippen LogP contribution < -0.4 is 10.2 Å². The fourth-order valence-corrected chi connectivity index (χ4v) is 2.00. The Balaban J connectivity index is 1.97. The zero-order valence-electron chi connectivity index (χ0n) is 10.7. The van der Waals surface area contributed by atoms with Gasteiger partial charge in [-0.3, -0.25) is 0 Å². The van der Waals surface area contributed by atoms with Crippen molar-refractivity contribution in [1.29, 1.82) is 0 Å². The number of ether oxygens (including phenoxy) is 1. The normalized spacial score (nSPS) is 15.6. The number of hydroxylamine groups is 1. The predicted octanol–water partition coefficient (Wildman–Crippen LogP) is 2.82. The van der Waals surface area contributed by atoms with Crippen molar-refractivity contribution >= 4 is 0 Å². The van der Waals surface area contributed by atoms with Crippen molar-refractivity contribution in [2.24, 2.45) is 5.92 Å². The topological polar surface area (TPSA) is 30.5 Å². The third-order valence-electron chi connectivity index (χ3n) is 3.32. The minimum Gasteiger partial charge on any atom is -0.493 e. The lowest BCUT2D eigenvalue weighted by Gasteiger charge is -2.25. The Labute approximate surface area is 103 Å². The monoisotopic (exact) mass is 235 g/mol. The number of nitrogens with one attached hydrogen (secondary N) is 1. The van der Waals surface area contributed by atoms with Crippen LogP contribution in [0.25, 0.3) is 0 Å². The van der Waals surface area contributed by atoms with Gasteiger partial charge in [0, 0.05) is 12.1 Å². The SMILES string of the molecule is CONCc1cc(C)ccc1OCC1CCC1. The predicted molar refractivity (Wildman–Crippen MR) is 67.9 cm³/mol. The highest BCUT2D eigenvalue weighted by Crippen LogP contribution is 2.28. The zero-order chi connectivity index (χ0) is 12.1. The summed E-state index contributed by atoms with van der Waals surface area (Å²) in [7, 11) is 1.63. The van der Waals surface area contributed by atoms with Gasteiger partial charge in [-0.05, 0) is 31.7 Å². The van der Waals surface area contributed by atoms with E-state index in [1.807, 2.05) is 0 Å². The van der Waals surface area contributed by atoms with Crippen molar-refractivity contribution in [3.8, 4) is 5.75 Å². The van der Waals surface area contributed by atoms with Crippen molar-refractivity contribution in [1.82, 2.24) is 5.48 Å². The summed E-state index contributed by atoms with van der Waals surface area (Å²) in [5.41, 5.74) is 5.27. The van der Waals surface area contributed by atoms with E-state index in [1.165, 1.54) is 24.8 Å². The fraction of sp³-hybridized carbons (Fsp3) is 0.571. The number of hydrogen-bond donors (Lipinski definition) is 1. The van der Waals surface area contributed by atoms with Crippen molar-refractivity contribution in [2.45, 2.75) is 32.7 Å². The molecule has 2 rings (SSSR count). The molecule has 0 aromatic heterocycles. The first-order chi connectivity index (χ1) is 8.29. The van der Waals surface area contributed by atoms with E-state index in [2.05, 4.69) is 30.6 Å². The van der Waals surface area contributed by atoms with Crippen molar-refractivity contribution in [3.05, 3.63) is 29.3 Å². The van der Waals surface area contributed by atoms with E-state index in [1.54, 1.807) is 7.11 Å². The average Bonchev–Trinajstić information content (AvgIpc) is 2.26. The van der Waals surface area contributed by atoms with E-state index in [0.29, 0.717) is 6.54 Å².